The average molecular weight is 112 g/mol. The summed E-state index contributed by atoms with van der Waals surface area (Å²) < 4.78 is 0. The summed E-state index contributed by atoms with van der Waals surface area (Å²) in [5.41, 5.74) is 1.14. The highest BCUT2D eigenvalue weighted by molar-refractivity contribution is 5.76. The molecule has 3 heteroatoms. The summed E-state index contributed by atoms with van der Waals surface area (Å²) in [7, 11) is 0. The van der Waals surface area contributed by atoms with Crippen molar-refractivity contribution in [2.75, 3.05) is 6.54 Å². The molecule has 8 heavy (non-hydrogen) atoms. The van der Waals surface area contributed by atoms with Gasteiger partial charge in [0.25, 0.3) is 0 Å². The van der Waals surface area contributed by atoms with Gasteiger partial charge >= 0.3 is 6.03 Å². The van der Waals surface area contributed by atoms with Crippen LogP contribution >= 0.6 is 0 Å². The van der Waals surface area contributed by atoms with E-state index in [0.29, 0.717) is 6.54 Å². The number of hydrogen-bond donors (Lipinski definition) is 2. The monoisotopic (exact) mass is 112 g/mol. The Morgan fingerprint density at radius 3 is 2.88 bits per heavy atom. The van der Waals surface area contributed by atoms with Crippen LogP contribution in [0.2, 0.25) is 0 Å². The number of amides is 2. The number of carbonyl (C=O) groups is 1. The van der Waals surface area contributed by atoms with Crippen molar-refractivity contribution < 1.29 is 4.79 Å². The van der Waals surface area contributed by atoms with Crippen molar-refractivity contribution in [2.24, 2.45) is 0 Å². The Bertz CT molecular complexity index is 139. The van der Waals surface area contributed by atoms with Gasteiger partial charge in [0.2, 0.25) is 0 Å². The Balaban J connectivity index is 2.55. The fraction of sp³-hybridized carbons (Fsp3) is 0.400. The third-order valence-electron chi connectivity index (χ3n) is 0.977. The second kappa shape index (κ2) is 1.86. The van der Waals surface area contributed by atoms with Crippen molar-refractivity contribution in [1.82, 2.24) is 10.6 Å². The van der Waals surface area contributed by atoms with Gasteiger partial charge in [-0.2, -0.15) is 0 Å². The van der Waals surface area contributed by atoms with E-state index >= 15 is 0 Å². The lowest BCUT2D eigenvalue weighted by atomic mass is 10.3. The molecule has 0 radical (unpaired) electrons. The van der Waals surface area contributed by atoms with Gasteiger partial charge in [0, 0.05) is 12.7 Å². The van der Waals surface area contributed by atoms with Crippen molar-refractivity contribution in [3.63, 3.8) is 0 Å². The average Bonchev–Trinajstić information content (AvgIpc) is 1.77. The molecular weight excluding hydrogens is 104 g/mol. The molecule has 0 aromatic rings. The molecule has 1 rings (SSSR count). The molecule has 0 bridgehead atoms. The first-order valence-corrected chi connectivity index (χ1v) is 2.49. The highest BCUT2D eigenvalue weighted by atomic mass is 16.2. The minimum absolute atomic E-state index is 0.115. The zero-order chi connectivity index (χ0) is 5.98. The molecule has 0 atom stereocenters. The van der Waals surface area contributed by atoms with Crippen LogP contribution in [0.1, 0.15) is 6.92 Å². The summed E-state index contributed by atoms with van der Waals surface area (Å²) in [6.45, 7) is 2.62. The van der Waals surface area contributed by atoms with Gasteiger partial charge < -0.3 is 10.6 Å². The van der Waals surface area contributed by atoms with Crippen LogP contribution in [-0.4, -0.2) is 12.6 Å². The molecule has 0 aromatic heterocycles. The predicted octanol–water partition coefficient (Wildman–Crippen LogP) is 0.203. The lowest BCUT2D eigenvalue weighted by molar-refractivity contribution is 0.243. The Labute approximate surface area is 47.8 Å². The Morgan fingerprint density at radius 1 is 1.75 bits per heavy atom. The van der Waals surface area contributed by atoms with E-state index in [1.165, 1.54) is 0 Å². The number of nitrogens with one attached hydrogen (secondary N) is 2. The lowest BCUT2D eigenvalue weighted by Crippen LogP contribution is -2.37. The predicted molar refractivity (Wildman–Crippen MR) is 30.3 cm³/mol. The van der Waals surface area contributed by atoms with E-state index < -0.39 is 0 Å². The van der Waals surface area contributed by atoms with Crippen molar-refractivity contribution in [3.8, 4) is 0 Å². The summed E-state index contributed by atoms with van der Waals surface area (Å²) in [5, 5.41) is 5.13. The maximum Gasteiger partial charge on any atom is 0.319 e. The van der Waals surface area contributed by atoms with Crippen molar-refractivity contribution >= 4 is 6.03 Å². The Kier molecular flexibility index (Phi) is 1.20. The van der Waals surface area contributed by atoms with E-state index in [1.54, 1.807) is 6.20 Å². The summed E-state index contributed by atoms with van der Waals surface area (Å²) in [6.07, 6.45) is 1.71. The fourth-order valence-electron chi connectivity index (χ4n) is 0.511. The van der Waals surface area contributed by atoms with Gasteiger partial charge in [-0.05, 0) is 12.5 Å². The van der Waals surface area contributed by atoms with Crippen LogP contribution in [0.25, 0.3) is 0 Å². The van der Waals surface area contributed by atoms with E-state index in [1.807, 2.05) is 6.92 Å². The topological polar surface area (TPSA) is 41.1 Å². The minimum atomic E-state index is -0.115. The van der Waals surface area contributed by atoms with Gasteiger partial charge in [-0.15, -0.1) is 0 Å². The summed E-state index contributed by atoms with van der Waals surface area (Å²) in [6, 6.07) is -0.115. The SMILES string of the molecule is CC1=CNC(=O)NC1. The molecular formula is C5H8N2O. The quantitative estimate of drug-likeness (QED) is 0.462. The van der Waals surface area contributed by atoms with Gasteiger partial charge in [0.05, 0.1) is 0 Å². The molecule has 1 heterocycles. The van der Waals surface area contributed by atoms with Crippen LogP contribution in [0, 0.1) is 0 Å². The van der Waals surface area contributed by atoms with E-state index in [4.69, 9.17) is 0 Å². The second-order valence-corrected chi connectivity index (χ2v) is 1.82. The number of hydrogen-bond acceptors (Lipinski definition) is 1. The van der Waals surface area contributed by atoms with E-state index in [9.17, 15) is 4.79 Å². The molecule has 1 aliphatic heterocycles. The third kappa shape index (κ3) is 0.992. The van der Waals surface area contributed by atoms with Crippen LogP contribution in [0.5, 0.6) is 0 Å². The highest BCUT2D eigenvalue weighted by Crippen LogP contribution is 1.90. The normalized spacial score (nSPS) is 18.6. The molecule has 44 valence electrons. The van der Waals surface area contributed by atoms with Gasteiger partial charge in [-0.1, -0.05) is 0 Å². The van der Waals surface area contributed by atoms with Crippen LogP contribution < -0.4 is 10.6 Å². The molecule has 0 saturated carbocycles. The highest BCUT2D eigenvalue weighted by Gasteiger charge is 2.01. The first-order valence-electron chi connectivity index (χ1n) is 2.49. The van der Waals surface area contributed by atoms with E-state index in [0.717, 1.165) is 5.57 Å². The Morgan fingerprint density at radius 2 is 2.50 bits per heavy atom. The molecule has 3 nitrogen and oxygen atoms in total. The molecule has 0 fully saturated rings. The van der Waals surface area contributed by atoms with Crippen molar-refractivity contribution in [3.05, 3.63) is 11.8 Å². The lowest BCUT2D eigenvalue weighted by Gasteiger charge is -2.10. The molecule has 1 aliphatic rings. The van der Waals surface area contributed by atoms with Crippen molar-refractivity contribution in [2.45, 2.75) is 6.92 Å². The number of urea groups is 1. The zero-order valence-electron chi connectivity index (χ0n) is 4.69. The van der Waals surface area contributed by atoms with Crippen molar-refractivity contribution in [1.29, 1.82) is 0 Å². The van der Waals surface area contributed by atoms with Gasteiger partial charge in [0.1, 0.15) is 0 Å². The molecule has 2 N–H and O–H groups in total. The maximum atomic E-state index is 10.3. The van der Waals surface area contributed by atoms with Gasteiger partial charge in [-0.3, -0.25) is 0 Å². The summed E-state index contributed by atoms with van der Waals surface area (Å²) >= 11 is 0. The number of carbonyl (C=O) groups excluding carboxylic acids is 1. The fourth-order valence-corrected chi connectivity index (χ4v) is 0.511. The first-order chi connectivity index (χ1) is 3.79. The molecule has 0 aromatic carbocycles. The third-order valence-corrected chi connectivity index (χ3v) is 0.977. The maximum absolute atomic E-state index is 10.3. The summed E-state index contributed by atoms with van der Waals surface area (Å²) in [4.78, 5) is 10.3. The smallest absolute Gasteiger partial charge is 0.319 e. The van der Waals surface area contributed by atoms with E-state index in [2.05, 4.69) is 10.6 Å². The minimum Gasteiger partial charge on any atom is -0.334 e. The van der Waals surface area contributed by atoms with Crippen LogP contribution in [-0.2, 0) is 0 Å². The van der Waals surface area contributed by atoms with Gasteiger partial charge in [0.15, 0.2) is 0 Å². The number of rotatable bonds is 0. The first kappa shape index (κ1) is 5.15. The molecule has 0 unspecified atom stereocenters. The Hall–Kier alpha value is -0.990. The zero-order valence-corrected chi connectivity index (χ0v) is 4.69. The van der Waals surface area contributed by atoms with Crippen LogP contribution in [0.4, 0.5) is 4.79 Å². The van der Waals surface area contributed by atoms with Crippen LogP contribution in [0.15, 0.2) is 11.8 Å². The summed E-state index contributed by atoms with van der Waals surface area (Å²) in [5.74, 6) is 0. The van der Waals surface area contributed by atoms with Gasteiger partial charge in [-0.25, -0.2) is 4.79 Å². The largest absolute Gasteiger partial charge is 0.334 e. The van der Waals surface area contributed by atoms with E-state index in [-0.39, 0.29) is 6.03 Å². The molecule has 0 spiro atoms. The molecule has 0 aliphatic carbocycles. The van der Waals surface area contributed by atoms with Crippen LogP contribution in [0.3, 0.4) is 0 Å². The second-order valence-electron chi connectivity index (χ2n) is 1.82. The molecule has 2 amide bonds. The standard InChI is InChI=1S/C5H8N2O/c1-4-2-6-5(8)7-3-4/h2H,3H2,1H3,(H2,6,7,8). The molecule has 0 saturated heterocycles.